The van der Waals surface area contributed by atoms with Gasteiger partial charge in [0, 0.05) is 43.8 Å². The van der Waals surface area contributed by atoms with Gasteiger partial charge in [-0.25, -0.2) is 4.98 Å². The average molecular weight is 358 g/mol. The third-order valence-electron chi connectivity index (χ3n) is 4.82. The van der Waals surface area contributed by atoms with Crippen LogP contribution in [0, 0.1) is 0 Å². The first kappa shape index (κ1) is 17.9. The molecule has 2 amide bonds. The fraction of sp³-hybridized carbons (Fsp3) is 0.444. The molecule has 1 atom stereocenters. The number of hydrogen-bond acceptors (Lipinski definition) is 4. The number of pyridine rings is 1. The summed E-state index contributed by atoms with van der Waals surface area (Å²) in [7, 11) is 0. The molecule has 0 aromatic carbocycles. The van der Waals surface area contributed by atoms with Gasteiger partial charge >= 0.3 is 5.97 Å². The molecule has 138 valence electrons. The van der Waals surface area contributed by atoms with Crippen molar-refractivity contribution in [3.8, 4) is 0 Å². The lowest BCUT2D eigenvalue weighted by atomic mass is 10.1. The predicted octanol–water partition coefficient (Wildman–Crippen LogP) is 1.49. The molecule has 2 aromatic rings. The van der Waals surface area contributed by atoms with Crippen LogP contribution in [0.2, 0.25) is 0 Å². The van der Waals surface area contributed by atoms with E-state index in [1.807, 2.05) is 6.07 Å². The van der Waals surface area contributed by atoms with E-state index in [1.165, 1.54) is 11.8 Å². The minimum absolute atomic E-state index is 0.0718. The van der Waals surface area contributed by atoms with Gasteiger partial charge in [0.15, 0.2) is 0 Å². The number of aliphatic carboxylic acids is 1. The molecular formula is C18H22N4O4. The summed E-state index contributed by atoms with van der Waals surface area (Å²) in [6.45, 7) is 2.15. The number of rotatable bonds is 4. The Balaban J connectivity index is 1.73. The van der Waals surface area contributed by atoms with Crippen molar-refractivity contribution in [3.63, 3.8) is 0 Å². The van der Waals surface area contributed by atoms with E-state index < -0.39 is 5.97 Å². The first-order valence-electron chi connectivity index (χ1n) is 8.67. The van der Waals surface area contributed by atoms with Crippen LogP contribution in [-0.2, 0) is 9.59 Å². The van der Waals surface area contributed by atoms with Gasteiger partial charge in [-0.2, -0.15) is 0 Å². The highest BCUT2D eigenvalue weighted by Gasteiger charge is 2.28. The highest BCUT2D eigenvalue weighted by molar-refractivity contribution is 6.05. The van der Waals surface area contributed by atoms with E-state index in [1.54, 1.807) is 23.4 Å². The SMILES string of the molecule is CC(=O)N(CC(=O)O)C1CCCN(C(=O)c2c[nH]c3ncccc23)CC1. The van der Waals surface area contributed by atoms with E-state index in [9.17, 15) is 14.4 Å². The zero-order valence-corrected chi connectivity index (χ0v) is 14.6. The maximum absolute atomic E-state index is 12.9. The van der Waals surface area contributed by atoms with Crippen LogP contribution in [0.15, 0.2) is 24.5 Å². The minimum Gasteiger partial charge on any atom is -0.480 e. The lowest BCUT2D eigenvalue weighted by Gasteiger charge is -2.28. The lowest BCUT2D eigenvalue weighted by molar-refractivity contribution is -0.145. The monoisotopic (exact) mass is 358 g/mol. The van der Waals surface area contributed by atoms with Crippen molar-refractivity contribution < 1.29 is 19.5 Å². The zero-order valence-electron chi connectivity index (χ0n) is 14.6. The summed E-state index contributed by atoms with van der Waals surface area (Å²) < 4.78 is 0. The standard InChI is InChI=1S/C18H22N4O4/c1-12(23)22(11-16(24)25)13-4-3-8-21(9-6-13)18(26)15-10-20-17-14(15)5-2-7-19-17/h2,5,7,10,13H,3-4,6,8-9,11H2,1H3,(H,19,20)(H,24,25). The highest BCUT2D eigenvalue weighted by atomic mass is 16.4. The van der Waals surface area contributed by atoms with Crippen molar-refractivity contribution in [3.05, 3.63) is 30.1 Å². The van der Waals surface area contributed by atoms with Crippen LogP contribution in [0.4, 0.5) is 0 Å². The van der Waals surface area contributed by atoms with Gasteiger partial charge in [0.05, 0.1) is 5.56 Å². The molecule has 0 spiro atoms. The second kappa shape index (κ2) is 7.55. The van der Waals surface area contributed by atoms with Crippen molar-refractivity contribution in [1.29, 1.82) is 0 Å². The third kappa shape index (κ3) is 3.68. The summed E-state index contributed by atoms with van der Waals surface area (Å²) >= 11 is 0. The largest absolute Gasteiger partial charge is 0.480 e. The van der Waals surface area contributed by atoms with E-state index in [0.717, 1.165) is 11.8 Å². The van der Waals surface area contributed by atoms with Gasteiger partial charge in [0.25, 0.3) is 5.91 Å². The predicted molar refractivity (Wildman–Crippen MR) is 94.7 cm³/mol. The molecule has 0 aliphatic carbocycles. The second-order valence-corrected chi connectivity index (χ2v) is 6.52. The van der Waals surface area contributed by atoms with E-state index in [0.29, 0.717) is 37.1 Å². The van der Waals surface area contributed by atoms with Crippen molar-refractivity contribution in [2.75, 3.05) is 19.6 Å². The Hall–Kier alpha value is -2.90. The number of nitrogens with one attached hydrogen (secondary N) is 1. The summed E-state index contributed by atoms with van der Waals surface area (Å²) in [5, 5.41) is 9.82. The topological polar surface area (TPSA) is 107 Å². The van der Waals surface area contributed by atoms with Crippen molar-refractivity contribution >= 4 is 28.8 Å². The fourth-order valence-corrected chi connectivity index (χ4v) is 3.54. The molecule has 1 aliphatic heterocycles. The number of aromatic amines is 1. The lowest BCUT2D eigenvalue weighted by Crippen LogP contribution is -2.43. The second-order valence-electron chi connectivity index (χ2n) is 6.52. The smallest absolute Gasteiger partial charge is 0.323 e. The van der Waals surface area contributed by atoms with Crippen LogP contribution in [0.1, 0.15) is 36.5 Å². The molecule has 1 saturated heterocycles. The van der Waals surface area contributed by atoms with Gasteiger partial charge in [-0.3, -0.25) is 14.4 Å². The summed E-state index contributed by atoms with van der Waals surface area (Å²) in [4.78, 5) is 46.1. The maximum Gasteiger partial charge on any atom is 0.323 e. The quantitative estimate of drug-likeness (QED) is 0.861. The number of carbonyl (C=O) groups is 3. The van der Waals surface area contributed by atoms with Gasteiger partial charge in [-0.05, 0) is 31.4 Å². The molecule has 26 heavy (non-hydrogen) atoms. The Morgan fingerprint density at radius 2 is 2.15 bits per heavy atom. The molecule has 2 aromatic heterocycles. The van der Waals surface area contributed by atoms with Crippen LogP contribution >= 0.6 is 0 Å². The van der Waals surface area contributed by atoms with Crippen LogP contribution in [-0.4, -0.2) is 68.3 Å². The average Bonchev–Trinajstić information content (AvgIpc) is 2.88. The van der Waals surface area contributed by atoms with Crippen LogP contribution in [0.25, 0.3) is 11.0 Å². The van der Waals surface area contributed by atoms with Crippen LogP contribution in [0.5, 0.6) is 0 Å². The molecule has 1 aliphatic rings. The van der Waals surface area contributed by atoms with Gasteiger partial charge in [-0.15, -0.1) is 0 Å². The molecular weight excluding hydrogens is 336 g/mol. The third-order valence-corrected chi connectivity index (χ3v) is 4.82. The van der Waals surface area contributed by atoms with Gasteiger partial charge < -0.3 is 19.9 Å². The molecule has 0 radical (unpaired) electrons. The van der Waals surface area contributed by atoms with Crippen molar-refractivity contribution in [2.45, 2.75) is 32.2 Å². The molecule has 3 rings (SSSR count). The van der Waals surface area contributed by atoms with E-state index >= 15 is 0 Å². The number of likely N-dealkylation sites (tertiary alicyclic amines) is 1. The van der Waals surface area contributed by atoms with Gasteiger partial charge in [0.1, 0.15) is 12.2 Å². The van der Waals surface area contributed by atoms with Crippen molar-refractivity contribution in [1.82, 2.24) is 19.8 Å². The molecule has 1 unspecified atom stereocenters. The number of carbonyl (C=O) groups excluding carboxylic acids is 2. The van der Waals surface area contributed by atoms with Crippen molar-refractivity contribution in [2.24, 2.45) is 0 Å². The normalized spacial score (nSPS) is 17.7. The number of carboxylic acids is 1. The minimum atomic E-state index is -1.02. The number of amides is 2. The molecule has 8 heteroatoms. The maximum atomic E-state index is 12.9. The number of H-pyrrole nitrogens is 1. The van der Waals surface area contributed by atoms with E-state index in [4.69, 9.17) is 5.11 Å². The molecule has 1 fully saturated rings. The molecule has 8 nitrogen and oxygen atoms in total. The molecule has 2 N–H and O–H groups in total. The number of fused-ring (bicyclic) bond motifs is 1. The number of hydrogen-bond donors (Lipinski definition) is 2. The Morgan fingerprint density at radius 3 is 2.88 bits per heavy atom. The van der Waals surface area contributed by atoms with Crippen LogP contribution in [0.3, 0.4) is 0 Å². The Morgan fingerprint density at radius 1 is 1.35 bits per heavy atom. The Labute approximate surface area is 150 Å². The highest BCUT2D eigenvalue weighted by Crippen LogP contribution is 2.22. The number of carboxylic acid groups (broad SMARTS) is 1. The summed E-state index contributed by atoms with van der Waals surface area (Å²) in [5.41, 5.74) is 1.26. The summed E-state index contributed by atoms with van der Waals surface area (Å²) in [5.74, 6) is -1.35. The number of nitrogens with zero attached hydrogens (tertiary/aromatic N) is 3. The van der Waals surface area contributed by atoms with Crippen LogP contribution < -0.4 is 0 Å². The first-order chi connectivity index (χ1) is 12.5. The van der Waals surface area contributed by atoms with Gasteiger partial charge in [0.2, 0.25) is 5.91 Å². The fourth-order valence-electron chi connectivity index (χ4n) is 3.54. The number of aromatic nitrogens is 2. The molecule has 3 heterocycles. The van der Waals surface area contributed by atoms with E-state index in [-0.39, 0.29) is 24.4 Å². The van der Waals surface area contributed by atoms with E-state index in [2.05, 4.69) is 9.97 Å². The summed E-state index contributed by atoms with van der Waals surface area (Å²) in [6.07, 6.45) is 5.32. The summed E-state index contributed by atoms with van der Waals surface area (Å²) in [6, 6.07) is 3.49. The molecule has 0 bridgehead atoms. The van der Waals surface area contributed by atoms with Gasteiger partial charge in [-0.1, -0.05) is 0 Å². The molecule has 0 saturated carbocycles. The Kier molecular flexibility index (Phi) is 5.20. The first-order valence-corrected chi connectivity index (χ1v) is 8.67. The zero-order chi connectivity index (χ0) is 18.7. The Bertz CT molecular complexity index is 831.